The molecule has 4 rings (SSSR count). The zero-order valence-electron chi connectivity index (χ0n) is 17.5. The van der Waals surface area contributed by atoms with E-state index in [4.69, 9.17) is 9.47 Å². The molecule has 3 heterocycles. The van der Waals surface area contributed by atoms with E-state index < -0.39 is 0 Å². The second kappa shape index (κ2) is 9.36. The number of likely N-dealkylation sites (tertiary alicyclic amines) is 1. The fourth-order valence-electron chi connectivity index (χ4n) is 4.13. The highest BCUT2D eigenvalue weighted by molar-refractivity contribution is 5.80. The Morgan fingerprint density at radius 2 is 1.93 bits per heavy atom. The summed E-state index contributed by atoms with van der Waals surface area (Å²) in [5, 5.41) is 13.3. The van der Waals surface area contributed by atoms with Crippen LogP contribution in [-0.2, 0) is 11.3 Å². The topological polar surface area (TPSA) is 98.2 Å². The molecule has 1 unspecified atom stereocenters. The third kappa shape index (κ3) is 4.22. The van der Waals surface area contributed by atoms with Crippen molar-refractivity contribution in [1.82, 2.24) is 30.1 Å². The second-order valence-corrected chi connectivity index (χ2v) is 7.61. The molecule has 160 valence electrons. The predicted octanol–water partition coefficient (Wildman–Crippen LogP) is 2.13. The van der Waals surface area contributed by atoms with Crippen molar-refractivity contribution in [2.45, 2.75) is 38.3 Å². The van der Waals surface area contributed by atoms with Crippen LogP contribution in [0, 0.1) is 0 Å². The highest BCUT2D eigenvalue weighted by Gasteiger charge is 2.30. The number of rotatable bonds is 7. The largest absolute Gasteiger partial charge is 0.497 e. The van der Waals surface area contributed by atoms with Crippen molar-refractivity contribution in [3.8, 4) is 5.75 Å². The van der Waals surface area contributed by atoms with Gasteiger partial charge >= 0.3 is 0 Å². The number of pyridine rings is 1. The molecule has 1 fully saturated rings. The van der Waals surface area contributed by atoms with Crippen molar-refractivity contribution in [3.63, 3.8) is 0 Å². The van der Waals surface area contributed by atoms with Crippen LogP contribution in [0.15, 0.2) is 29.1 Å². The van der Waals surface area contributed by atoms with E-state index in [1.54, 1.807) is 18.9 Å². The molecule has 0 amide bonds. The Morgan fingerprint density at radius 3 is 2.67 bits per heavy atom. The Morgan fingerprint density at radius 1 is 1.13 bits per heavy atom. The molecular formula is C21H28N6O3. The lowest BCUT2D eigenvalue weighted by Crippen LogP contribution is -2.36. The van der Waals surface area contributed by atoms with Crippen LogP contribution < -0.4 is 10.3 Å². The molecule has 1 aromatic carbocycles. The zero-order chi connectivity index (χ0) is 20.9. The highest BCUT2D eigenvalue weighted by atomic mass is 16.5. The number of aromatic nitrogens is 5. The second-order valence-electron chi connectivity index (χ2n) is 7.61. The summed E-state index contributed by atoms with van der Waals surface area (Å²) >= 11 is 0. The van der Waals surface area contributed by atoms with Gasteiger partial charge in [-0.05, 0) is 60.6 Å². The summed E-state index contributed by atoms with van der Waals surface area (Å²) in [7, 11) is 3.29. The first-order valence-electron chi connectivity index (χ1n) is 10.4. The summed E-state index contributed by atoms with van der Waals surface area (Å²) in [5.74, 6) is 1.42. The zero-order valence-corrected chi connectivity index (χ0v) is 17.5. The van der Waals surface area contributed by atoms with Gasteiger partial charge in [-0.3, -0.25) is 9.69 Å². The molecule has 0 spiro atoms. The summed E-state index contributed by atoms with van der Waals surface area (Å²) < 4.78 is 12.3. The molecule has 1 aliphatic heterocycles. The van der Waals surface area contributed by atoms with Gasteiger partial charge in [0.1, 0.15) is 11.8 Å². The molecular weight excluding hydrogens is 384 g/mol. The number of aromatic amines is 1. The Balaban J connectivity index is 1.84. The van der Waals surface area contributed by atoms with Gasteiger partial charge in [-0.15, -0.1) is 5.10 Å². The summed E-state index contributed by atoms with van der Waals surface area (Å²) in [6.45, 7) is 2.83. The van der Waals surface area contributed by atoms with Gasteiger partial charge in [0.15, 0.2) is 5.82 Å². The average Bonchev–Trinajstić information content (AvgIpc) is 3.05. The number of hydrogen-bond acceptors (Lipinski definition) is 7. The number of tetrazole rings is 1. The number of H-pyrrole nitrogens is 1. The minimum atomic E-state index is -0.325. The molecule has 1 aliphatic rings. The minimum absolute atomic E-state index is 0.122. The lowest BCUT2D eigenvalue weighted by atomic mass is 10.0. The first-order chi connectivity index (χ1) is 14.7. The Hall–Kier alpha value is -2.78. The van der Waals surface area contributed by atoms with Gasteiger partial charge in [-0.25, -0.2) is 4.68 Å². The van der Waals surface area contributed by atoms with E-state index in [2.05, 4.69) is 25.4 Å². The SMILES string of the molecule is COCCn1nnnc1C(c1cc2cc(OC)ccc2[nH]c1=O)N1CCCCCC1. The van der Waals surface area contributed by atoms with Crippen molar-refractivity contribution in [3.05, 3.63) is 46.0 Å². The Kier molecular flexibility index (Phi) is 6.39. The highest BCUT2D eigenvalue weighted by Crippen LogP contribution is 2.29. The number of nitrogens with zero attached hydrogens (tertiary/aromatic N) is 5. The fourth-order valence-corrected chi connectivity index (χ4v) is 4.13. The molecule has 2 aromatic heterocycles. The van der Waals surface area contributed by atoms with E-state index in [1.807, 2.05) is 24.3 Å². The lowest BCUT2D eigenvalue weighted by Gasteiger charge is -2.29. The van der Waals surface area contributed by atoms with Crippen LogP contribution in [0.25, 0.3) is 10.9 Å². The standard InChI is InChI=1S/C21H28N6O3/c1-29-12-11-27-20(23-24-25-27)19(26-9-5-3-4-6-10-26)17-14-15-13-16(30-2)7-8-18(15)22-21(17)28/h7-8,13-14,19H,3-6,9-12H2,1-2H3,(H,22,28). The van der Waals surface area contributed by atoms with Gasteiger partial charge in [0.05, 0.1) is 20.3 Å². The van der Waals surface area contributed by atoms with E-state index in [0.29, 0.717) is 24.5 Å². The first kappa shape index (κ1) is 20.5. The predicted molar refractivity (Wildman–Crippen MR) is 113 cm³/mol. The molecule has 9 nitrogen and oxygen atoms in total. The van der Waals surface area contributed by atoms with Crippen LogP contribution in [0.2, 0.25) is 0 Å². The molecule has 9 heteroatoms. The van der Waals surface area contributed by atoms with Crippen molar-refractivity contribution in [2.24, 2.45) is 0 Å². The minimum Gasteiger partial charge on any atom is -0.497 e. The van der Waals surface area contributed by atoms with E-state index in [9.17, 15) is 4.79 Å². The van der Waals surface area contributed by atoms with Crippen LogP contribution in [0.3, 0.4) is 0 Å². The maximum atomic E-state index is 13.2. The van der Waals surface area contributed by atoms with Crippen LogP contribution >= 0.6 is 0 Å². The Labute approximate surface area is 175 Å². The number of nitrogens with one attached hydrogen (secondary N) is 1. The summed E-state index contributed by atoms with van der Waals surface area (Å²) in [5.41, 5.74) is 1.30. The summed E-state index contributed by atoms with van der Waals surface area (Å²) in [6, 6.07) is 7.26. The van der Waals surface area contributed by atoms with Crippen LogP contribution in [0.1, 0.15) is 43.1 Å². The molecule has 0 bridgehead atoms. The third-order valence-corrected chi connectivity index (χ3v) is 5.69. The number of benzene rings is 1. The van der Waals surface area contributed by atoms with Gasteiger partial charge in [0.25, 0.3) is 5.56 Å². The van der Waals surface area contributed by atoms with E-state index in [0.717, 1.165) is 42.6 Å². The quantitative estimate of drug-likeness (QED) is 0.635. The number of methoxy groups -OCH3 is 2. The van der Waals surface area contributed by atoms with Gasteiger partial charge < -0.3 is 14.5 Å². The molecule has 1 atom stereocenters. The average molecular weight is 412 g/mol. The Bertz CT molecular complexity index is 1040. The van der Waals surface area contributed by atoms with E-state index >= 15 is 0 Å². The third-order valence-electron chi connectivity index (χ3n) is 5.69. The molecule has 3 aromatic rings. The van der Waals surface area contributed by atoms with E-state index in [1.165, 1.54) is 12.8 Å². The summed E-state index contributed by atoms with van der Waals surface area (Å²) in [6.07, 6.45) is 4.58. The van der Waals surface area contributed by atoms with Gasteiger partial charge in [0.2, 0.25) is 0 Å². The smallest absolute Gasteiger partial charge is 0.253 e. The van der Waals surface area contributed by atoms with Crippen molar-refractivity contribution >= 4 is 10.9 Å². The number of hydrogen-bond donors (Lipinski definition) is 1. The van der Waals surface area contributed by atoms with E-state index in [-0.39, 0.29) is 11.6 Å². The molecule has 0 saturated carbocycles. The molecule has 0 radical (unpaired) electrons. The number of fused-ring (bicyclic) bond motifs is 1. The van der Waals surface area contributed by atoms with Crippen LogP contribution in [0.4, 0.5) is 0 Å². The number of ether oxygens (including phenoxy) is 2. The summed E-state index contributed by atoms with van der Waals surface area (Å²) in [4.78, 5) is 18.5. The lowest BCUT2D eigenvalue weighted by molar-refractivity contribution is 0.175. The van der Waals surface area contributed by atoms with Crippen LogP contribution in [-0.4, -0.2) is 64.0 Å². The first-order valence-corrected chi connectivity index (χ1v) is 10.4. The van der Waals surface area contributed by atoms with Crippen LogP contribution in [0.5, 0.6) is 5.75 Å². The molecule has 0 aliphatic carbocycles. The monoisotopic (exact) mass is 412 g/mol. The fraction of sp³-hybridized carbons (Fsp3) is 0.524. The molecule has 1 saturated heterocycles. The maximum Gasteiger partial charge on any atom is 0.253 e. The van der Waals surface area contributed by atoms with Crippen molar-refractivity contribution < 1.29 is 9.47 Å². The van der Waals surface area contributed by atoms with Gasteiger partial charge in [-0.1, -0.05) is 12.8 Å². The molecule has 1 N–H and O–H groups in total. The maximum absolute atomic E-state index is 13.2. The van der Waals surface area contributed by atoms with Gasteiger partial charge in [-0.2, -0.15) is 0 Å². The van der Waals surface area contributed by atoms with Gasteiger partial charge in [0, 0.05) is 23.6 Å². The molecule has 30 heavy (non-hydrogen) atoms. The van der Waals surface area contributed by atoms with Crippen molar-refractivity contribution in [2.75, 3.05) is 33.9 Å². The normalized spacial score (nSPS) is 16.5. The van der Waals surface area contributed by atoms with Crippen molar-refractivity contribution in [1.29, 1.82) is 0 Å².